The van der Waals surface area contributed by atoms with Crippen molar-refractivity contribution in [1.29, 1.82) is 0 Å². The summed E-state index contributed by atoms with van der Waals surface area (Å²) in [6.45, 7) is 1.15. The van der Waals surface area contributed by atoms with Gasteiger partial charge in [0.15, 0.2) is 0 Å². The summed E-state index contributed by atoms with van der Waals surface area (Å²) in [5.41, 5.74) is 0.913. The summed E-state index contributed by atoms with van der Waals surface area (Å²) >= 11 is 1.31. The van der Waals surface area contributed by atoms with Crippen LogP contribution in [-0.4, -0.2) is 36.7 Å². The van der Waals surface area contributed by atoms with Crippen LogP contribution in [0.2, 0.25) is 0 Å². The Morgan fingerprint density at radius 3 is 2.71 bits per heavy atom. The largest absolute Gasteiger partial charge is 0.384 e. The van der Waals surface area contributed by atoms with Crippen molar-refractivity contribution in [1.82, 2.24) is 9.36 Å². The zero-order valence-corrected chi connectivity index (χ0v) is 12.8. The van der Waals surface area contributed by atoms with Crippen LogP contribution in [0.3, 0.4) is 0 Å². The number of benzene rings is 1. The number of aromatic nitrogens is 2. The first-order valence-corrected chi connectivity index (χ1v) is 7.34. The molecule has 0 aliphatic carbocycles. The standard InChI is InChI=1S/C14H18FN3O2S/c1-19-8-7-13-17-14(21-18-13)16-9-12(20-2)10-3-5-11(15)6-4-10/h3-6,12H,7-9H2,1-2H3,(H,16,17,18). The molecule has 1 aromatic heterocycles. The van der Waals surface area contributed by atoms with Gasteiger partial charge in [-0.3, -0.25) is 0 Å². The molecule has 0 saturated heterocycles. The summed E-state index contributed by atoms with van der Waals surface area (Å²) in [6.07, 6.45) is 0.525. The first-order chi connectivity index (χ1) is 10.2. The predicted octanol–water partition coefficient (Wildman–Crippen LogP) is 2.67. The average molecular weight is 311 g/mol. The molecular weight excluding hydrogens is 293 g/mol. The highest BCUT2D eigenvalue weighted by atomic mass is 32.1. The molecule has 1 unspecified atom stereocenters. The van der Waals surface area contributed by atoms with Crippen LogP contribution in [0.5, 0.6) is 0 Å². The second-order valence-corrected chi connectivity index (χ2v) is 5.17. The summed E-state index contributed by atoms with van der Waals surface area (Å²) in [5.74, 6) is 0.508. The molecule has 0 aliphatic rings. The number of rotatable bonds is 8. The molecule has 0 saturated carbocycles. The van der Waals surface area contributed by atoms with Crippen molar-refractivity contribution in [2.45, 2.75) is 12.5 Å². The van der Waals surface area contributed by atoms with E-state index in [2.05, 4.69) is 14.7 Å². The summed E-state index contributed by atoms with van der Waals surface area (Å²) in [4.78, 5) is 4.36. The van der Waals surface area contributed by atoms with Crippen molar-refractivity contribution in [3.63, 3.8) is 0 Å². The van der Waals surface area contributed by atoms with Gasteiger partial charge in [-0.2, -0.15) is 4.37 Å². The van der Waals surface area contributed by atoms with Crippen LogP contribution in [0, 0.1) is 5.82 Å². The fourth-order valence-electron chi connectivity index (χ4n) is 1.82. The van der Waals surface area contributed by atoms with E-state index >= 15 is 0 Å². The smallest absolute Gasteiger partial charge is 0.202 e. The van der Waals surface area contributed by atoms with Gasteiger partial charge in [0.2, 0.25) is 5.13 Å². The Labute approximate surface area is 127 Å². The molecule has 0 radical (unpaired) electrons. The summed E-state index contributed by atoms with van der Waals surface area (Å²) < 4.78 is 27.6. The maximum absolute atomic E-state index is 12.9. The van der Waals surface area contributed by atoms with Crippen LogP contribution < -0.4 is 5.32 Å². The zero-order valence-electron chi connectivity index (χ0n) is 12.0. The molecule has 0 amide bonds. The van der Waals surface area contributed by atoms with E-state index in [9.17, 15) is 4.39 Å². The molecule has 7 heteroatoms. The number of nitrogens with one attached hydrogen (secondary N) is 1. The molecule has 0 bridgehead atoms. The number of hydrogen-bond acceptors (Lipinski definition) is 6. The topological polar surface area (TPSA) is 56.3 Å². The van der Waals surface area contributed by atoms with Gasteiger partial charge in [-0.15, -0.1) is 0 Å². The molecule has 1 aromatic carbocycles. The predicted molar refractivity (Wildman–Crippen MR) is 80.1 cm³/mol. The molecule has 1 heterocycles. The van der Waals surface area contributed by atoms with E-state index in [-0.39, 0.29) is 11.9 Å². The van der Waals surface area contributed by atoms with Gasteiger partial charge in [0.25, 0.3) is 0 Å². The molecule has 1 atom stereocenters. The highest BCUT2D eigenvalue weighted by Gasteiger charge is 2.12. The van der Waals surface area contributed by atoms with E-state index in [1.165, 1.54) is 23.7 Å². The van der Waals surface area contributed by atoms with Crippen molar-refractivity contribution in [3.8, 4) is 0 Å². The molecule has 5 nitrogen and oxygen atoms in total. The molecule has 2 rings (SSSR count). The van der Waals surface area contributed by atoms with Crippen molar-refractivity contribution in [2.24, 2.45) is 0 Å². The van der Waals surface area contributed by atoms with E-state index in [0.29, 0.717) is 19.6 Å². The molecule has 2 aromatic rings. The Bertz CT molecular complexity index is 547. The van der Waals surface area contributed by atoms with Crippen LogP contribution in [0.1, 0.15) is 17.5 Å². The third-order valence-corrected chi connectivity index (χ3v) is 3.67. The lowest BCUT2D eigenvalue weighted by atomic mass is 10.1. The number of anilines is 1. The van der Waals surface area contributed by atoms with Crippen LogP contribution in [0.25, 0.3) is 0 Å². The maximum Gasteiger partial charge on any atom is 0.202 e. The third kappa shape index (κ3) is 4.73. The summed E-state index contributed by atoms with van der Waals surface area (Å²) in [7, 11) is 3.28. The van der Waals surface area contributed by atoms with E-state index in [4.69, 9.17) is 9.47 Å². The van der Waals surface area contributed by atoms with E-state index in [1.807, 2.05) is 0 Å². The summed E-state index contributed by atoms with van der Waals surface area (Å²) in [6, 6.07) is 6.29. The van der Waals surface area contributed by atoms with Gasteiger partial charge < -0.3 is 14.8 Å². The number of methoxy groups -OCH3 is 2. The third-order valence-electron chi connectivity index (χ3n) is 2.96. The van der Waals surface area contributed by atoms with Crippen LogP contribution in [0.4, 0.5) is 9.52 Å². The molecule has 0 aliphatic heterocycles. The lowest BCUT2D eigenvalue weighted by Gasteiger charge is -2.15. The van der Waals surface area contributed by atoms with Crippen molar-refractivity contribution >= 4 is 16.7 Å². The van der Waals surface area contributed by atoms with Gasteiger partial charge >= 0.3 is 0 Å². The van der Waals surface area contributed by atoms with Gasteiger partial charge in [0.05, 0.1) is 12.7 Å². The molecule has 0 spiro atoms. The summed E-state index contributed by atoms with van der Waals surface area (Å²) in [5, 5.41) is 3.93. The normalized spacial score (nSPS) is 12.3. The number of nitrogens with zero attached hydrogens (tertiary/aromatic N) is 2. The Morgan fingerprint density at radius 2 is 2.05 bits per heavy atom. The van der Waals surface area contributed by atoms with Crippen molar-refractivity contribution in [2.75, 3.05) is 32.7 Å². The zero-order chi connectivity index (χ0) is 15.1. The first kappa shape index (κ1) is 15.8. The van der Waals surface area contributed by atoms with Gasteiger partial charge in [-0.1, -0.05) is 12.1 Å². The second-order valence-electron chi connectivity index (χ2n) is 4.42. The van der Waals surface area contributed by atoms with E-state index in [1.54, 1.807) is 26.4 Å². The molecular formula is C14H18FN3O2S. The Kier molecular flexibility index (Phi) is 6.04. The second kappa shape index (κ2) is 8.02. The van der Waals surface area contributed by atoms with Crippen LogP contribution >= 0.6 is 11.5 Å². The monoisotopic (exact) mass is 311 g/mol. The Hall–Kier alpha value is -1.57. The minimum atomic E-state index is -0.256. The highest BCUT2D eigenvalue weighted by molar-refractivity contribution is 7.09. The quantitative estimate of drug-likeness (QED) is 0.812. The Balaban J connectivity index is 1.90. The minimum absolute atomic E-state index is 0.170. The minimum Gasteiger partial charge on any atom is -0.384 e. The number of halogens is 1. The lowest BCUT2D eigenvalue weighted by molar-refractivity contribution is 0.114. The van der Waals surface area contributed by atoms with Gasteiger partial charge in [-0.25, -0.2) is 9.37 Å². The van der Waals surface area contributed by atoms with Gasteiger partial charge in [0, 0.05) is 38.7 Å². The molecule has 0 fully saturated rings. The van der Waals surface area contributed by atoms with Crippen LogP contribution in [-0.2, 0) is 15.9 Å². The van der Waals surface area contributed by atoms with Crippen molar-refractivity contribution in [3.05, 3.63) is 41.5 Å². The molecule has 114 valence electrons. The fourth-order valence-corrected chi connectivity index (χ4v) is 2.43. The first-order valence-electron chi connectivity index (χ1n) is 6.56. The van der Waals surface area contributed by atoms with Gasteiger partial charge in [-0.05, 0) is 17.7 Å². The Morgan fingerprint density at radius 1 is 1.29 bits per heavy atom. The number of hydrogen-bond donors (Lipinski definition) is 1. The van der Waals surface area contributed by atoms with E-state index < -0.39 is 0 Å². The molecule has 1 N–H and O–H groups in total. The SMILES string of the molecule is COCCc1nsc(NCC(OC)c2ccc(F)cc2)n1. The van der Waals surface area contributed by atoms with E-state index in [0.717, 1.165) is 16.5 Å². The molecule has 21 heavy (non-hydrogen) atoms. The van der Waals surface area contributed by atoms with Crippen LogP contribution in [0.15, 0.2) is 24.3 Å². The van der Waals surface area contributed by atoms with Crippen molar-refractivity contribution < 1.29 is 13.9 Å². The fraction of sp³-hybridized carbons (Fsp3) is 0.429. The average Bonchev–Trinajstić information content (AvgIpc) is 2.95. The lowest BCUT2D eigenvalue weighted by Crippen LogP contribution is -2.14. The van der Waals surface area contributed by atoms with Gasteiger partial charge in [0.1, 0.15) is 11.6 Å². The highest BCUT2D eigenvalue weighted by Crippen LogP contribution is 2.19. The maximum atomic E-state index is 12.9. The number of ether oxygens (including phenoxy) is 2.